The van der Waals surface area contributed by atoms with E-state index in [2.05, 4.69) is 5.32 Å². The molecule has 1 unspecified atom stereocenters. The zero-order valence-electron chi connectivity index (χ0n) is 12.9. The van der Waals surface area contributed by atoms with Crippen molar-refractivity contribution in [3.05, 3.63) is 17.9 Å². The second kappa shape index (κ2) is 5.67. The number of carbonyl (C=O) groups is 1. The summed E-state index contributed by atoms with van der Waals surface area (Å²) in [6, 6.07) is 2.79. The maximum Gasteiger partial charge on any atom is 0.231 e. The Morgan fingerprint density at radius 2 is 2.09 bits per heavy atom. The van der Waals surface area contributed by atoms with Gasteiger partial charge in [0.25, 0.3) is 0 Å². The van der Waals surface area contributed by atoms with Crippen molar-refractivity contribution in [3.63, 3.8) is 0 Å². The average Bonchev–Trinajstić information content (AvgIpc) is 3.20. The topological polar surface area (TPSA) is 56.8 Å². The van der Waals surface area contributed by atoms with Crippen molar-refractivity contribution in [3.8, 4) is 11.5 Å². The largest absolute Gasteiger partial charge is 0.454 e. The minimum atomic E-state index is -0.509. The Morgan fingerprint density at radius 1 is 1.26 bits per heavy atom. The van der Waals surface area contributed by atoms with Crippen molar-refractivity contribution in [1.82, 2.24) is 0 Å². The van der Waals surface area contributed by atoms with Crippen molar-refractivity contribution < 1.29 is 23.4 Å². The van der Waals surface area contributed by atoms with Crippen LogP contribution in [0, 0.1) is 11.7 Å². The number of anilines is 1. The summed E-state index contributed by atoms with van der Waals surface area (Å²) in [5.41, 5.74) is -0.0613. The first-order valence-electron chi connectivity index (χ1n) is 8.20. The van der Waals surface area contributed by atoms with Crippen LogP contribution in [0.1, 0.15) is 38.5 Å². The van der Waals surface area contributed by atoms with Crippen molar-refractivity contribution in [2.24, 2.45) is 5.92 Å². The number of ether oxygens (including phenoxy) is 3. The minimum Gasteiger partial charge on any atom is -0.454 e. The predicted octanol–water partition coefficient (Wildman–Crippen LogP) is 3.23. The maximum atomic E-state index is 14.1. The van der Waals surface area contributed by atoms with Crippen LogP contribution in [0.2, 0.25) is 0 Å². The van der Waals surface area contributed by atoms with Crippen molar-refractivity contribution >= 4 is 11.6 Å². The number of halogens is 1. The summed E-state index contributed by atoms with van der Waals surface area (Å²) in [6.07, 6.45) is 5.72. The van der Waals surface area contributed by atoms with Crippen LogP contribution >= 0.6 is 0 Å². The van der Waals surface area contributed by atoms with E-state index in [0.717, 1.165) is 25.7 Å². The fraction of sp³-hybridized carbons (Fsp3) is 0.588. The Morgan fingerprint density at radius 3 is 2.91 bits per heavy atom. The number of amides is 1. The lowest BCUT2D eigenvalue weighted by molar-refractivity contribution is -0.133. The minimum absolute atomic E-state index is 0.0437. The molecule has 1 aromatic rings. The first-order chi connectivity index (χ1) is 11.2. The molecule has 0 bridgehead atoms. The summed E-state index contributed by atoms with van der Waals surface area (Å²) in [6.45, 7) is 0.634. The van der Waals surface area contributed by atoms with Crippen molar-refractivity contribution in [2.45, 2.75) is 44.1 Å². The van der Waals surface area contributed by atoms with Gasteiger partial charge in [-0.3, -0.25) is 4.79 Å². The van der Waals surface area contributed by atoms with Gasteiger partial charge in [-0.15, -0.1) is 0 Å². The number of carbonyl (C=O) groups excluding carboxylic acids is 1. The van der Waals surface area contributed by atoms with Crippen LogP contribution < -0.4 is 14.8 Å². The molecule has 6 heteroatoms. The first-order valence-corrected chi connectivity index (χ1v) is 8.20. The molecule has 124 valence electrons. The Kier molecular flexibility index (Phi) is 3.64. The summed E-state index contributed by atoms with van der Waals surface area (Å²) in [4.78, 5) is 12.6. The number of rotatable bonds is 2. The van der Waals surface area contributed by atoms with E-state index in [1.807, 2.05) is 0 Å². The smallest absolute Gasteiger partial charge is 0.231 e. The number of benzene rings is 1. The average molecular weight is 321 g/mol. The molecule has 1 saturated heterocycles. The molecule has 5 nitrogen and oxygen atoms in total. The van der Waals surface area contributed by atoms with Gasteiger partial charge in [-0.05, 0) is 37.8 Å². The zero-order chi connectivity index (χ0) is 15.9. The monoisotopic (exact) mass is 321 g/mol. The van der Waals surface area contributed by atoms with Gasteiger partial charge >= 0.3 is 0 Å². The van der Waals surface area contributed by atoms with Crippen LogP contribution in [0.3, 0.4) is 0 Å². The van der Waals surface area contributed by atoms with E-state index in [1.165, 1.54) is 12.1 Å². The summed E-state index contributed by atoms with van der Waals surface area (Å²) in [7, 11) is 0. The van der Waals surface area contributed by atoms with Gasteiger partial charge in [0.15, 0.2) is 17.3 Å². The molecule has 1 aromatic carbocycles. The highest BCUT2D eigenvalue weighted by atomic mass is 19.1. The van der Waals surface area contributed by atoms with Gasteiger partial charge in [0.1, 0.15) is 5.69 Å². The molecule has 1 spiro atoms. The van der Waals surface area contributed by atoms with Gasteiger partial charge in [-0.1, -0.05) is 12.8 Å². The third-order valence-corrected chi connectivity index (χ3v) is 5.12. The Balaban J connectivity index is 1.51. The normalized spacial score (nSPS) is 24.8. The van der Waals surface area contributed by atoms with E-state index in [-0.39, 0.29) is 35.7 Å². The van der Waals surface area contributed by atoms with E-state index in [4.69, 9.17) is 14.2 Å². The molecule has 4 rings (SSSR count). The Labute approximate surface area is 134 Å². The van der Waals surface area contributed by atoms with E-state index < -0.39 is 5.82 Å². The third kappa shape index (κ3) is 2.65. The van der Waals surface area contributed by atoms with Gasteiger partial charge in [0.2, 0.25) is 12.7 Å². The van der Waals surface area contributed by atoms with Gasteiger partial charge in [-0.2, -0.15) is 0 Å². The van der Waals surface area contributed by atoms with Crippen molar-refractivity contribution in [2.75, 3.05) is 18.7 Å². The lowest BCUT2D eigenvalue weighted by atomic mass is 9.84. The number of nitrogens with one attached hydrogen (secondary N) is 1. The van der Waals surface area contributed by atoms with Crippen LogP contribution in [0.4, 0.5) is 10.1 Å². The summed E-state index contributed by atoms with van der Waals surface area (Å²) in [5.74, 6) is -0.0889. The molecule has 23 heavy (non-hydrogen) atoms. The molecule has 1 amide bonds. The Hall–Kier alpha value is -1.82. The summed E-state index contributed by atoms with van der Waals surface area (Å²) >= 11 is 0. The molecule has 2 fully saturated rings. The molecule has 1 atom stereocenters. The zero-order valence-corrected chi connectivity index (χ0v) is 12.9. The molecular formula is C17H20FNO4. The van der Waals surface area contributed by atoms with E-state index in [0.29, 0.717) is 25.2 Å². The van der Waals surface area contributed by atoms with E-state index in [1.54, 1.807) is 0 Å². The Bertz CT molecular complexity index is 627. The van der Waals surface area contributed by atoms with Crippen LogP contribution in [0.25, 0.3) is 0 Å². The highest BCUT2D eigenvalue weighted by Gasteiger charge is 2.42. The highest BCUT2D eigenvalue weighted by Crippen LogP contribution is 2.44. The second-order valence-corrected chi connectivity index (χ2v) is 6.57. The third-order valence-electron chi connectivity index (χ3n) is 5.12. The van der Waals surface area contributed by atoms with E-state index in [9.17, 15) is 9.18 Å². The number of fused-ring (bicyclic) bond motifs is 1. The predicted molar refractivity (Wildman–Crippen MR) is 81.0 cm³/mol. The molecule has 1 aliphatic carbocycles. The van der Waals surface area contributed by atoms with Gasteiger partial charge in [0, 0.05) is 12.5 Å². The number of hydrogen-bond acceptors (Lipinski definition) is 4. The van der Waals surface area contributed by atoms with Crippen LogP contribution in [0.5, 0.6) is 11.5 Å². The lowest BCUT2D eigenvalue weighted by Crippen LogP contribution is -2.41. The van der Waals surface area contributed by atoms with Crippen molar-refractivity contribution in [1.29, 1.82) is 0 Å². The standard InChI is InChI=1S/C17H20FNO4/c18-12-3-4-13-15(22-10-21-13)14(12)19-16(20)11-5-8-23-17(9-11)6-1-2-7-17/h3-4,11H,1-2,5-10H2,(H,19,20). The van der Waals surface area contributed by atoms with Crippen LogP contribution in [-0.2, 0) is 9.53 Å². The maximum absolute atomic E-state index is 14.1. The second-order valence-electron chi connectivity index (χ2n) is 6.57. The fourth-order valence-electron chi connectivity index (χ4n) is 3.91. The first kappa shape index (κ1) is 14.8. The molecule has 2 aliphatic heterocycles. The number of hydrogen-bond donors (Lipinski definition) is 1. The SMILES string of the molecule is O=C(Nc1c(F)ccc2c1OCO2)C1CCOC2(CCCC2)C1. The van der Waals surface area contributed by atoms with Crippen LogP contribution in [-0.4, -0.2) is 24.9 Å². The van der Waals surface area contributed by atoms with Crippen LogP contribution in [0.15, 0.2) is 12.1 Å². The molecular weight excluding hydrogens is 301 g/mol. The molecule has 1 N–H and O–H groups in total. The van der Waals surface area contributed by atoms with Gasteiger partial charge in [0.05, 0.1) is 5.60 Å². The van der Waals surface area contributed by atoms with Gasteiger partial charge < -0.3 is 19.5 Å². The van der Waals surface area contributed by atoms with E-state index >= 15 is 0 Å². The van der Waals surface area contributed by atoms with Gasteiger partial charge in [-0.25, -0.2) is 4.39 Å². The summed E-state index contributed by atoms with van der Waals surface area (Å²) in [5, 5.41) is 2.71. The lowest BCUT2D eigenvalue weighted by Gasteiger charge is -2.37. The molecule has 0 radical (unpaired) electrons. The molecule has 3 aliphatic rings. The quantitative estimate of drug-likeness (QED) is 0.908. The molecule has 1 saturated carbocycles. The summed E-state index contributed by atoms with van der Waals surface area (Å²) < 4.78 is 30.6. The highest BCUT2D eigenvalue weighted by molar-refractivity contribution is 5.95. The molecule has 2 heterocycles. The fourth-order valence-corrected chi connectivity index (χ4v) is 3.91. The molecule has 0 aromatic heterocycles.